The fraction of sp³-hybridized carbons (Fsp3) is 0.364. The van der Waals surface area contributed by atoms with E-state index in [4.69, 9.17) is 0 Å². The molecular weight excluding hydrogens is 389 g/mol. The van der Waals surface area contributed by atoms with E-state index < -0.39 is 0 Å². The van der Waals surface area contributed by atoms with E-state index in [0.717, 1.165) is 22.0 Å². The molecular formula is C22H24FN3O2S. The highest BCUT2D eigenvalue weighted by Crippen LogP contribution is 2.34. The first-order chi connectivity index (χ1) is 14.1. The molecule has 2 aliphatic rings. The number of carbonyl (C=O) groups excluding carboxylic acids is 2. The standard InChI is InChI=1S/C22H24FN3O2S/c23-17-5-7-18(8-6-17)24-11-13-25(14-12-24)21(27)9-10-22(28)26-15-16-29-20-4-2-1-3-19(20)26/h1-8H,9-16H2. The van der Waals surface area contributed by atoms with Crippen LogP contribution in [0.25, 0.3) is 0 Å². The van der Waals surface area contributed by atoms with E-state index in [9.17, 15) is 14.0 Å². The molecule has 4 rings (SSSR count). The normalized spacial score (nSPS) is 16.5. The average Bonchev–Trinajstić information content (AvgIpc) is 2.77. The van der Waals surface area contributed by atoms with Crippen LogP contribution >= 0.6 is 11.8 Å². The number of fused-ring (bicyclic) bond motifs is 1. The van der Waals surface area contributed by atoms with Crippen LogP contribution in [0.15, 0.2) is 53.4 Å². The zero-order valence-electron chi connectivity index (χ0n) is 16.2. The Balaban J connectivity index is 1.27. The smallest absolute Gasteiger partial charge is 0.227 e. The second-order valence-electron chi connectivity index (χ2n) is 7.21. The Bertz CT molecular complexity index is 882. The summed E-state index contributed by atoms with van der Waals surface area (Å²) < 4.78 is 13.1. The lowest BCUT2D eigenvalue weighted by atomic mass is 10.2. The number of hydrogen-bond donors (Lipinski definition) is 0. The minimum Gasteiger partial charge on any atom is -0.368 e. The van der Waals surface area contributed by atoms with E-state index in [1.165, 1.54) is 12.1 Å². The zero-order chi connectivity index (χ0) is 20.2. The third-order valence-corrected chi connectivity index (χ3v) is 6.45. The van der Waals surface area contributed by atoms with Crippen molar-refractivity contribution in [3.05, 3.63) is 54.3 Å². The molecule has 0 N–H and O–H groups in total. The molecule has 2 aliphatic heterocycles. The Morgan fingerprint density at radius 3 is 2.31 bits per heavy atom. The molecule has 1 saturated heterocycles. The number of thioether (sulfide) groups is 1. The largest absolute Gasteiger partial charge is 0.368 e. The fourth-order valence-corrected chi connectivity index (χ4v) is 4.80. The van der Waals surface area contributed by atoms with Crippen LogP contribution in [0, 0.1) is 5.82 Å². The number of piperazine rings is 1. The number of para-hydroxylation sites is 1. The summed E-state index contributed by atoms with van der Waals surface area (Å²) in [5.74, 6) is 0.664. The van der Waals surface area contributed by atoms with Crippen LogP contribution in [0.5, 0.6) is 0 Å². The maximum Gasteiger partial charge on any atom is 0.227 e. The summed E-state index contributed by atoms with van der Waals surface area (Å²) in [4.78, 5) is 32.2. The van der Waals surface area contributed by atoms with Gasteiger partial charge in [-0.3, -0.25) is 9.59 Å². The van der Waals surface area contributed by atoms with E-state index >= 15 is 0 Å². The van der Waals surface area contributed by atoms with Crippen molar-refractivity contribution in [3.63, 3.8) is 0 Å². The van der Waals surface area contributed by atoms with Crippen LogP contribution in [0.1, 0.15) is 12.8 Å². The maximum atomic E-state index is 13.1. The summed E-state index contributed by atoms with van der Waals surface area (Å²) in [5.41, 5.74) is 1.92. The summed E-state index contributed by atoms with van der Waals surface area (Å²) in [5, 5.41) is 0. The lowest BCUT2D eigenvalue weighted by Crippen LogP contribution is -2.49. The van der Waals surface area contributed by atoms with E-state index in [1.807, 2.05) is 34.1 Å². The molecule has 0 unspecified atom stereocenters. The third kappa shape index (κ3) is 4.56. The first kappa shape index (κ1) is 19.8. The molecule has 1 fully saturated rings. The van der Waals surface area contributed by atoms with Gasteiger partial charge in [0, 0.05) is 61.9 Å². The molecule has 0 atom stereocenters. The van der Waals surface area contributed by atoms with E-state index in [0.29, 0.717) is 32.7 Å². The Morgan fingerprint density at radius 1 is 0.862 bits per heavy atom. The first-order valence-electron chi connectivity index (χ1n) is 9.92. The number of amides is 2. The van der Waals surface area contributed by atoms with Gasteiger partial charge in [-0.25, -0.2) is 4.39 Å². The van der Waals surface area contributed by atoms with Gasteiger partial charge in [0.2, 0.25) is 11.8 Å². The number of carbonyl (C=O) groups is 2. The van der Waals surface area contributed by atoms with Gasteiger partial charge in [0.05, 0.1) is 5.69 Å². The molecule has 0 aliphatic carbocycles. The van der Waals surface area contributed by atoms with Crippen molar-refractivity contribution < 1.29 is 14.0 Å². The highest BCUT2D eigenvalue weighted by molar-refractivity contribution is 7.99. The molecule has 0 spiro atoms. The van der Waals surface area contributed by atoms with Gasteiger partial charge >= 0.3 is 0 Å². The molecule has 0 radical (unpaired) electrons. The van der Waals surface area contributed by atoms with Crippen molar-refractivity contribution in [1.29, 1.82) is 0 Å². The molecule has 29 heavy (non-hydrogen) atoms. The predicted molar refractivity (Wildman–Crippen MR) is 114 cm³/mol. The van der Waals surface area contributed by atoms with Crippen molar-refractivity contribution in [1.82, 2.24) is 4.90 Å². The van der Waals surface area contributed by atoms with Crippen molar-refractivity contribution in [3.8, 4) is 0 Å². The summed E-state index contributed by atoms with van der Waals surface area (Å²) in [6, 6.07) is 14.4. The first-order valence-corrected chi connectivity index (χ1v) is 10.9. The zero-order valence-corrected chi connectivity index (χ0v) is 17.0. The number of hydrogen-bond acceptors (Lipinski definition) is 4. The summed E-state index contributed by atoms with van der Waals surface area (Å²) in [7, 11) is 0. The lowest BCUT2D eigenvalue weighted by molar-refractivity contribution is -0.133. The molecule has 2 amide bonds. The Kier molecular flexibility index (Phi) is 6.04. The van der Waals surface area contributed by atoms with Crippen molar-refractivity contribution in [2.45, 2.75) is 17.7 Å². The predicted octanol–water partition coefficient (Wildman–Crippen LogP) is 3.39. The second kappa shape index (κ2) is 8.86. The molecule has 2 heterocycles. The third-order valence-electron chi connectivity index (χ3n) is 5.41. The van der Waals surface area contributed by atoms with Crippen LogP contribution in [-0.2, 0) is 9.59 Å². The average molecular weight is 414 g/mol. The van der Waals surface area contributed by atoms with Gasteiger partial charge in [-0.15, -0.1) is 11.8 Å². The highest BCUT2D eigenvalue weighted by atomic mass is 32.2. The Hall–Kier alpha value is -2.54. The van der Waals surface area contributed by atoms with Gasteiger partial charge in [-0.05, 0) is 36.4 Å². The van der Waals surface area contributed by atoms with Gasteiger partial charge in [0.15, 0.2) is 0 Å². The molecule has 152 valence electrons. The van der Waals surface area contributed by atoms with E-state index in [2.05, 4.69) is 4.90 Å². The molecule has 5 nitrogen and oxygen atoms in total. The van der Waals surface area contributed by atoms with Crippen molar-refractivity contribution in [2.24, 2.45) is 0 Å². The maximum absolute atomic E-state index is 13.1. The SMILES string of the molecule is O=C(CCC(=O)N1CCSc2ccccc21)N1CCN(c2ccc(F)cc2)CC1. The van der Waals surface area contributed by atoms with E-state index in [1.54, 1.807) is 23.9 Å². The number of benzene rings is 2. The van der Waals surface area contributed by atoms with E-state index in [-0.39, 0.29) is 30.5 Å². The van der Waals surface area contributed by atoms with Gasteiger partial charge < -0.3 is 14.7 Å². The highest BCUT2D eigenvalue weighted by Gasteiger charge is 2.25. The summed E-state index contributed by atoms with van der Waals surface area (Å²) >= 11 is 1.76. The van der Waals surface area contributed by atoms with Gasteiger partial charge in [-0.1, -0.05) is 12.1 Å². The number of anilines is 2. The molecule has 2 aromatic rings. The topological polar surface area (TPSA) is 43.9 Å². The van der Waals surface area contributed by atoms with Crippen LogP contribution in [0.2, 0.25) is 0 Å². The molecule has 7 heteroatoms. The summed E-state index contributed by atoms with van der Waals surface area (Å²) in [6.07, 6.45) is 0.469. The molecule has 0 aromatic heterocycles. The monoisotopic (exact) mass is 413 g/mol. The van der Waals surface area contributed by atoms with Crippen LogP contribution < -0.4 is 9.80 Å². The van der Waals surface area contributed by atoms with Gasteiger partial charge in [0.1, 0.15) is 5.82 Å². The van der Waals surface area contributed by atoms with Crippen LogP contribution in [0.4, 0.5) is 15.8 Å². The molecule has 2 aromatic carbocycles. The number of halogens is 1. The summed E-state index contributed by atoms with van der Waals surface area (Å²) in [6.45, 7) is 3.34. The van der Waals surface area contributed by atoms with Gasteiger partial charge in [-0.2, -0.15) is 0 Å². The van der Waals surface area contributed by atoms with Crippen LogP contribution in [-0.4, -0.2) is 55.2 Å². The Morgan fingerprint density at radius 2 is 1.55 bits per heavy atom. The second-order valence-corrected chi connectivity index (χ2v) is 8.34. The van der Waals surface area contributed by atoms with Crippen molar-refractivity contribution >= 4 is 35.0 Å². The fourth-order valence-electron chi connectivity index (χ4n) is 3.80. The van der Waals surface area contributed by atoms with Crippen molar-refractivity contribution in [2.75, 3.05) is 48.3 Å². The molecule has 0 bridgehead atoms. The number of rotatable bonds is 4. The Labute approximate surface area is 174 Å². The molecule has 0 saturated carbocycles. The minimum absolute atomic E-state index is 0.0102. The van der Waals surface area contributed by atoms with Crippen LogP contribution in [0.3, 0.4) is 0 Å². The minimum atomic E-state index is -0.248. The lowest BCUT2D eigenvalue weighted by Gasteiger charge is -2.36. The van der Waals surface area contributed by atoms with Gasteiger partial charge in [0.25, 0.3) is 0 Å². The number of nitrogens with zero attached hydrogens (tertiary/aromatic N) is 3. The quantitative estimate of drug-likeness (QED) is 0.771.